The largest absolute Gasteiger partial charge is 0.296 e. The zero-order chi connectivity index (χ0) is 14.1. The number of halogens is 2. The Labute approximate surface area is 131 Å². The monoisotopic (exact) mass is 367 g/mol. The number of nitrogens with zero attached hydrogens (tertiary/aromatic N) is 2. The van der Waals surface area contributed by atoms with Crippen LogP contribution >= 0.6 is 38.9 Å². The highest BCUT2D eigenvalue weighted by atomic mass is 79.9. The number of nitrogens with one attached hydrogen (secondary N) is 1. The van der Waals surface area contributed by atoms with Crippen LogP contribution in [0.25, 0.3) is 10.2 Å². The topological polar surface area (TPSA) is 54.9 Å². The van der Waals surface area contributed by atoms with Crippen LogP contribution in [0.5, 0.6) is 0 Å². The van der Waals surface area contributed by atoms with Crippen molar-refractivity contribution in [3.63, 3.8) is 0 Å². The molecule has 1 N–H and O–H groups in total. The Hall–Kier alpha value is -1.50. The minimum absolute atomic E-state index is 0.303. The van der Waals surface area contributed by atoms with Crippen molar-refractivity contribution in [2.75, 3.05) is 5.32 Å². The van der Waals surface area contributed by atoms with Crippen LogP contribution < -0.4 is 5.32 Å². The summed E-state index contributed by atoms with van der Waals surface area (Å²) in [7, 11) is 0. The van der Waals surface area contributed by atoms with Crippen LogP contribution in [0.2, 0.25) is 5.02 Å². The van der Waals surface area contributed by atoms with Crippen LogP contribution in [0.15, 0.2) is 41.0 Å². The van der Waals surface area contributed by atoms with E-state index in [1.54, 1.807) is 24.4 Å². The number of benzene rings is 1. The van der Waals surface area contributed by atoms with Crippen molar-refractivity contribution in [2.45, 2.75) is 0 Å². The van der Waals surface area contributed by atoms with E-state index < -0.39 is 0 Å². The van der Waals surface area contributed by atoms with Gasteiger partial charge >= 0.3 is 0 Å². The van der Waals surface area contributed by atoms with E-state index in [2.05, 4.69) is 31.2 Å². The predicted molar refractivity (Wildman–Crippen MR) is 84.5 cm³/mol. The number of pyridine rings is 1. The van der Waals surface area contributed by atoms with Gasteiger partial charge in [-0.3, -0.25) is 10.1 Å². The van der Waals surface area contributed by atoms with Gasteiger partial charge in [-0.05, 0) is 46.3 Å². The fourth-order valence-corrected chi connectivity index (χ4v) is 3.23. The molecular weight excluding hydrogens is 362 g/mol. The minimum atomic E-state index is -0.303. The number of amides is 1. The molecule has 0 atom stereocenters. The van der Waals surface area contributed by atoms with Crippen LogP contribution in [0.4, 0.5) is 5.13 Å². The highest BCUT2D eigenvalue weighted by molar-refractivity contribution is 9.10. The molecule has 0 aliphatic carbocycles. The normalized spacial score (nSPS) is 10.7. The maximum atomic E-state index is 12.1. The first-order valence-electron chi connectivity index (χ1n) is 5.61. The van der Waals surface area contributed by atoms with E-state index in [0.29, 0.717) is 20.3 Å². The summed E-state index contributed by atoms with van der Waals surface area (Å²) < 4.78 is 1.56. The molecule has 0 unspecified atom stereocenters. The van der Waals surface area contributed by atoms with Gasteiger partial charge < -0.3 is 0 Å². The second kappa shape index (κ2) is 5.47. The van der Waals surface area contributed by atoms with E-state index >= 15 is 0 Å². The Morgan fingerprint density at radius 1 is 1.35 bits per heavy atom. The lowest BCUT2D eigenvalue weighted by molar-refractivity contribution is 0.102. The fraction of sp³-hybridized carbons (Fsp3) is 0. The predicted octanol–water partition coefficient (Wildman–Crippen LogP) is 4.36. The Morgan fingerprint density at radius 3 is 3.00 bits per heavy atom. The summed E-state index contributed by atoms with van der Waals surface area (Å²) in [5.74, 6) is -0.303. The van der Waals surface area contributed by atoms with Gasteiger partial charge in [-0.2, -0.15) is 0 Å². The van der Waals surface area contributed by atoms with Gasteiger partial charge in [0, 0.05) is 15.7 Å². The van der Waals surface area contributed by atoms with Gasteiger partial charge in [-0.1, -0.05) is 22.9 Å². The Bertz CT molecular complexity index is 805. The van der Waals surface area contributed by atoms with Gasteiger partial charge in [-0.25, -0.2) is 9.97 Å². The molecule has 0 spiro atoms. The molecule has 1 aromatic carbocycles. The summed E-state index contributed by atoms with van der Waals surface area (Å²) in [6.07, 6.45) is 1.57. The summed E-state index contributed by atoms with van der Waals surface area (Å²) in [5, 5.41) is 3.90. The van der Waals surface area contributed by atoms with Crippen LogP contribution in [0.1, 0.15) is 10.5 Å². The highest BCUT2D eigenvalue weighted by Gasteiger charge is 2.13. The van der Waals surface area contributed by atoms with Crippen LogP contribution in [-0.2, 0) is 0 Å². The second-order valence-electron chi connectivity index (χ2n) is 3.92. The molecule has 3 rings (SSSR count). The zero-order valence-corrected chi connectivity index (χ0v) is 13.1. The molecule has 2 aromatic heterocycles. The van der Waals surface area contributed by atoms with Crippen molar-refractivity contribution in [2.24, 2.45) is 0 Å². The molecule has 0 aliphatic rings. The Kier molecular flexibility index (Phi) is 3.69. The molecule has 2 heterocycles. The summed E-state index contributed by atoms with van der Waals surface area (Å²) >= 11 is 10.6. The van der Waals surface area contributed by atoms with Gasteiger partial charge in [0.1, 0.15) is 5.69 Å². The molecule has 0 saturated heterocycles. The van der Waals surface area contributed by atoms with E-state index in [1.165, 1.54) is 11.3 Å². The average molecular weight is 369 g/mol. The van der Waals surface area contributed by atoms with Crippen LogP contribution in [0.3, 0.4) is 0 Å². The van der Waals surface area contributed by atoms with Crippen molar-refractivity contribution in [3.05, 3.63) is 51.7 Å². The first-order chi connectivity index (χ1) is 9.63. The number of fused-ring (bicyclic) bond motifs is 1. The smallest absolute Gasteiger partial charge is 0.277 e. The lowest BCUT2D eigenvalue weighted by Gasteiger charge is -2.02. The van der Waals surface area contributed by atoms with E-state index in [-0.39, 0.29) is 5.91 Å². The molecule has 0 fully saturated rings. The lowest BCUT2D eigenvalue weighted by Crippen LogP contribution is -2.13. The summed E-state index contributed by atoms with van der Waals surface area (Å²) in [6, 6.07) is 8.92. The molecule has 1 amide bonds. The average Bonchev–Trinajstić information content (AvgIpc) is 2.80. The van der Waals surface area contributed by atoms with E-state index in [4.69, 9.17) is 11.6 Å². The van der Waals surface area contributed by atoms with Crippen molar-refractivity contribution in [1.29, 1.82) is 0 Å². The van der Waals surface area contributed by atoms with Gasteiger partial charge in [0.15, 0.2) is 5.13 Å². The number of hydrogen-bond acceptors (Lipinski definition) is 4. The minimum Gasteiger partial charge on any atom is -0.296 e. The van der Waals surface area contributed by atoms with Gasteiger partial charge in [0.05, 0.1) is 10.2 Å². The molecule has 20 heavy (non-hydrogen) atoms. The van der Waals surface area contributed by atoms with E-state index in [1.807, 2.05) is 12.1 Å². The number of aromatic nitrogens is 2. The van der Waals surface area contributed by atoms with Crippen molar-refractivity contribution < 1.29 is 4.79 Å². The Morgan fingerprint density at radius 2 is 2.20 bits per heavy atom. The maximum absolute atomic E-state index is 12.1. The molecular formula is C13H7BrClN3OS. The van der Waals surface area contributed by atoms with E-state index in [0.717, 1.165) is 10.2 Å². The zero-order valence-electron chi connectivity index (χ0n) is 9.93. The number of rotatable bonds is 2. The van der Waals surface area contributed by atoms with Crippen molar-refractivity contribution in [1.82, 2.24) is 9.97 Å². The maximum Gasteiger partial charge on any atom is 0.277 e. The van der Waals surface area contributed by atoms with Crippen LogP contribution in [-0.4, -0.2) is 15.9 Å². The number of hydrogen-bond donors (Lipinski definition) is 1. The first-order valence-corrected chi connectivity index (χ1v) is 7.60. The Balaban J connectivity index is 1.89. The molecule has 100 valence electrons. The SMILES string of the molecule is O=C(Nc1nc2ccc(Cl)cc2s1)c1ncccc1Br. The van der Waals surface area contributed by atoms with E-state index in [9.17, 15) is 4.79 Å². The molecule has 3 aromatic rings. The number of anilines is 1. The number of carbonyl (C=O) groups excluding carboxylic acids is 1. The lowest BCUT2D eigenvalue weighted by atomic mass is 10.3. The molecule has 4 nitrogen and oxygen atoms in total. The standard InChI is InChI=1S/C13H7BrClN3OS/c14-8-2-1-5-16-11(8)12(19)18-13-17-9-4-3-7(15)6-10(9)20-13/h1-6H,(H,17,18,19). The third-order valence-electron chi connectivity index (χ3n) is 2.54. The third-order valence-corrected chi connectivity index (χ3v) is 4.35. The molecule has 7 heteroatoms. The quantitative estimate of drug-likeness (QED) is 0.731. The third kappa shape index (κ3) is 2.67. The van der Waals surface area contributed by atoms with Crippen molar-refractivity contribution in [3.8, 4) is 0 Å². The van der Waals surface area contributed by atoms with Gasteiger partial charge in [0.2, 0.25) is 0 Å². The van der Waals surface area contributed by atoms with Crippen LogP contribution in [0, 0.1) is 0 Å². The summed E-state index contributed by atoms with van der Waals surface area (Å²) in [4.78, 5) is 20.5. The van der Waals surface area contributed by atoms with Crippen molar-refractivity contribution >= 4 is 60.1 Å². The highest BCUT2D eigenvalue weighted by Crippen LogP contribution is 2.28. The number of carbonyl (C=O) groups is 1. The second-order valence-corrected chi connectivity index (χ2v) is 6.24. The first kappa shape index (κ1) is 13.5. The molecule has 0 bridgehead atoms. The summed E-state index contributed by atoms with van der Waals surface area (Å²) in [5.41, 5.74) is 1.12. The molecule has 0 radical (unpaired) electrons. The molecule has 0 saturated carbocycles. The summed E-state index contributed by atoms with van der Waals surface area (Å²) in [6.45, 7) is 0. The molecule has 0 aliphatic heterocycles. The van der Waals surface area contributed by atoms with Gasteiger partial charge in [0.25, 0.3) is 5.91 Å². The number of thiazole rings is 1. The van der Waals surface area contributed by atoms with Gasteiger partial charge in [-0.15, -0.1) is 0 Å². The fourth-order valence-electron chi connectivity index (χ4n) is 1.66.